The lowest BCUT2D eigenvalue weighted by Gasteiger charge is -2.64. The average Bonchev–Trinajstić information content (AvgIpc) is 4.02. The summed E-state index contributed by atoms with van der Waals surface area (Å²) in [5, 5.41) is 4.69. The molecule has 7 aliphatic rings. The molecule has 0 saturated carbocycles. The third-order valence-electron chi connectivity index (χ3n) is 19.7. The summed E-state index contributed by atoms with van der Waals surface area (Å²) in [6.07, 6.45) is 0. The van der Waals surface area contributed by atoms with E-state index in [0.717, 1.165) is 60.7 Å². The van der Waals surface area contributed by atoms with Crippen LogP contribution >= 0.6 is 0 Å². The number of nitrogens with zero attached hydrogens (tertiary/aromatic N) is 1. The van der Waals surface area contributed by atoms with Crippen LogP contribution in [0.25, 0.3) is 49.2 Å². The van der Waals surface area contributed by atoms with E-state index in [-0.39, 0.29) is 46.1 Å². The molecule has 0 N–H and O–H groups in total. The van der Waals surface area contributed by atoms with Crippen LogP contribution < -0.4 is 0 Å². The Morgan fingerprint density at radius 2 is 0.750 bits per heavy atom. The van der Waals surface area contributed by atoms with Crippen molar-refractivity contribution in [2.75, 3.05) is 0 Å². The Kier molecular flexibility index (Phi) is 6.15. The first kappa shape index (κ1) is 37.2. The summed E-state index contributed by atoms with van der Waals surface area (Å²) in [5.74, 6) is 0.0589. The van der Waals surface area contributed by atoms with Crippen molar-refractivity contribution in [2.45, 2.75) is 39.9 Å². The molecule has 3 heteroatoms. The number of carbonyl (C=O) groups excluding carboxylic acids is 2. The zero-order valence-corrected chi connectivity index (χ0v) is 38.8. The van der Waals surface area contributed by atoms with E-state index < -0.39 is 5.41 Å². The molecule has 0 radical (unpaired) electrons. The molecule has 0 bridgehead atoms. The third-order valence-corrected chi connectivity index (χ3v) is 19.7. The molecule has 10 aromatic carbocycles. The van der Waals surface area contributed by atoms with E-state index in [1.54, 1.807) is 0 Å². The van der Waals surface area contributed by atoms with Crippen molar-refractivity contribution in [3.8, 4) is 11.1 Å². The van der Waals surface area contributed by atoms with E-state index in [4.69, 9.17) is 0 Å². The highest BCUT2D eigenvalue weighted by Gasteiger charge is 2.71. The predicted molar refractivity (Wildman–Crippen MR) is 284 cm³/mol. The van der Waals surface area contributed by atoms with E-state index in [1.165, 1.54) is 77.5 Å². The molecule has 6 atom stereocenters. The second-order valence-electron chi connectivity index (χ2n) is 21.9. The van der Waals surface area contributed by atoms with Crippen LogP contribution in [-0.2, 0) is 16.2 Å². The highest BCUT2D eigenvalue weighted by atomic mass is 16.1. The smallest absolute Gasteiger partial charge is 0.171 e. The van der Waals surface area contributed by atoms with Crippen LogP contribution in [0.1, 0.15) is 122 Å². The number of aromatic nitrogens is 1. The van der Waals surface area contributed by atoms with Crippen molar-refractivity contribution >= 4 is 49.7 Å². The SMILES string of the molecule is O=C1c2cc3c(cc2C2c4ccccc4C24c2ccccc2C14)c1cc2c(c4c5cc6c(cc5n3c14)C(=O)C1c3ccccc3C13c1ccccc1C63)-c1ccccc1C2(c1ccccc1)c1ccccc1. The molecule has 0 fully saturated rings. The van der Waals surface area contributed by atoms with Crippen LogP contribution in [0.2, 0.25) is 0 Å². The van der Waals surface area contributed by atoms with Gasteiger partial charge in [0, 0.05) is 55.3 Å². The van der Waals surface area contributed by atoms with E-state index in [1.807, 2.05) is 0 Å². The van der Waals surface area contributed by atoms with Crippen molar-refractivity contribution < 1.29 is 9.59 Å². The van der Waals surface area contributed by atoms with Gasteiger partial charge in [0.25, 0.3) is 0 Å². The molecular formula is C69H39NO2. The van der Waals surface area contributed by atoms with Crippen molar-refractivity contribution in [3.63, 3.8) is 0 Å². The Bertz CT molecular complexity index is 4560. The second-order valence-corrected chi connectivity index (χ2v) is 21.9. The maximum Gasteiger partial charge on any atom is 0.171 e. The van der Waals surface area contributed by atoms with Crippen molar-refractivity contribution in [1.82, 2.24) is 4.40 Å². The van der Waals surface area contributed by atoms with Gasteiger partial charge in [0.05, 0.1) is 33.8 Å². The van der Waals surface area contributed by atoms with Gasteiger partial charge in [-0.05, 0) is 119 Å². The van der Waals surface area contributed by atoms with Gasteiger partial charge in [-0.2, -0.15) is 0 Å². The molecule has 0 amide bonds. The Hall–Kier alpha value is -8.66. The topological polar surface area (TPSA) is 38.5 Å². The van der Waals surface area contributed by atoms with Crippen molar-refractivity contribution in [2.24, 2.45) is 0 Å². The second kappa shape index (κ2) is 11.9. The molecule has 6 unspecified atom stereocenters. The molecule has 72 heavy (non-hydrogen) atoms. The standard InChI is InChI=1S/C69H39NO2/c71-65-47-34-56-43(31-44(47)60-39-22-8-13-27-51(39)68(60)53-29-15-10-24-41(53)62(65)68)46-33-55-58(38-21-7-12-26-50(38)67(55,36-17-3-1-4-18-36)37-19-5-2-6-20-37)59-49-32-45-48(35-57(49)70(56)64(46)59)66(72)63-42-25-11-16-30-54(42)69(63)52-28-14-9-23-40(52)61(45)69/h1-35,60-63H. The van der Waals surface area contributed by atoms with Crippen molar-refractivity contribution in [3.05, 3.63) is 301 Å². The van der Waals surface area contributed by atoms with Gasteiger partial charge in [0.15, 0.2) is 11.6 Å². The van der Waals surface area contributed by atoms with Crippen LogP contribution in [0.15, 0.2) is 212 Å². The fourth-order valence-electron chi connectivity index (χ4n) is 17.4. The van der Waals surface area contributed by atoms with Crippen molar-refractivity contribution in [1.29, 1.82) is 0 Å². The van der Waals surface area contributed by atoms with Gasteiger partial charge >= 0.3 is 0 Å². The minimum atomic E-state index is -0.635. The van der Waals surface area contributed by atoms with Crippen LogP contribution in [0.3, 0.4) is 0 Å². The maximum absolute atomic E-state index is 15.6. The average molecular weight is 914 g/mol. The zero-order valence-electron chi connectivity index (χ0n) is 38.8. The highest BCUT2D eigenvalue weighted by Crippen LogP contribution is 2.76. The van der Waals surface area contributed by atoms with Crippen LogP contribution in [0.5, 0.6) is 0 Å². The van der Waals surface area contributed by atoms with Crippen LogP contribution in [0.4, 0.5) is 0 Å². The number of benzene rings is 10. The fourth-order valence-corrected chi connectivity index (χ4v) is 17.4. The Morgan fingerprint density at radius 1 is 0.333 bits per heavy atom. The van der Waals surface area contributed by atoms with Gasteiger partial charge in [-0.1, -0.05) is 182 Å². The summed E-state index contributed by atoms with van der Waals surface area (Å²) in [7, 11) is 0. The van der Waals surface area contributed by atoms with Crippen LogP contribution in [-0.4, -0.2) is 16.0 Å². The first-order chi connectivity index (χ1) is 35.6. The number of hydrogen-bond donors (Lipinski definition) is 0. The molecule has 3 nitrogen and oxygen atoms in total. The largest absolute Gasteiger partial charge is 0.308 e. The molecule has 0 saturated heterocycles. The summed E-state index contributed by atoms with van der Waals surface area (Å²) >= 11 is 0. The Morgan fingerprint density at radius 3 is 1.26 bits per heavy atom. The van der Waals surface area contributed by atoms with E-state index >= 15 is 9.59 Å². The van der Waals surface area contributed by atoms with Gasteiger partial charge < -0.3 is 4.40 Å². The van der Waals surface area contributed by atoms with Gasteiger partial charge in [-0.15, -0.1) is 0 Å². The van der Waals surface area contributed by atoms with E-state index in [2.05, 4.69) is 217 Å². The van der Waals surface area contributed by atoms with Crippen LogP contribution in [0, 0.1) is 0 Å². The molecule has 2 spiro atoms. The third kappa shape index (κ3) is 3.56. The number of rotatable bonds is 2. The van der Waals surface area contributed by atoms with E-state index in [9.17, 15) is 0 Å². The maximum atomic E-state index is 15.6. The summed E-state index contributed by atoms with van der Waals surface area (Å²) < 4.78 is 2.46. The Labute approximate surface area is 414 Å². The zero-order chi connectivity index (χ0) is 46.7. The highest BCUT2D eigenvalue weighted by molar-refractivity contribution is 6.30. The first-order valence-electron chi connectivity index (χ1n) is 25.6. The van der Waals surface area contributed by atoms with Gasteiger partial charge in [-0.3, -0.25) is 9.59 Å². The quantitative estimate of drug-likeness (QED) is 0.173. The monoisotopic (exact) mass is 913 g/mol. The lowest BCUT2D eigenvalue weighted by molar-refractivity contribution is 0.0839. The number of ketones is 2. The molecule has 332 valence electrons. The summed E-state index contributed by atoms with van der Waals surface area (Å²) in [6, 6.07) is 78.4. The van der Waals surface area contributed by atoms with E-state index in [0.29, 0.717) is 0 Å². The Balaban J connectivity index is 0.990. The summed E-state index contributed by atoms with van der Waals surface area (Å²) in [5.41, 5.74) is 23.3. The molecule has 19 rings (SSSR count). The first-order valence-corrected chi connectivity index (χ1v) is 25.6. The number of hydrogen-bond acceptors (Lipinski definition) is 2. The van der Waals surface area contributed by atoms with Gasteiger partial charge in [-0.25, -0.2) is 0 Å². The minimum Gasteiger partial charge on any atom is -0.308 e. The molecule has 2 heterocycles. The minimum absolute atomic E-state index is 0.0520. The molecule has 12 aromatic rings. The van der Waals surface area contributed by atoms with Gasteiger partial charge in [0.2, 0.25) is 0 Å². The fraction of sp³-hybridized carbons (Fsp3) is 0.101. The predicted octanol–water partition coefficient (Wildman–Crippen LogP) is 14.6. The lowest BCUT2D eigenvalue weighted by atomic mass is 9.36. The number of carbonyl (C=O) groups is 2. The normalized spacial score (nSPS) is 24.1. The summed E-state index contributed by atoms with van der Waals surface area (Å²) in [4.78, 5) is 31.2. The summed E-state index contributed by atoms with van der Waals surface area (Å²) in [6.45, 7) is 0. The number of fused-ring (bicyclic) bond motifs is 22. The molecule has 2 aromatic heterocycles. The van der Waals surface area contributed by atoms with Gasteiger partial charge in [0.1, 0.15) is 0 Å². The molecular weight excluding hydrogens is 875 g/mol. The molecule has 0 aliphatic heterocycles. The number of Topliss-reactive ketones (excluding diaryl/α,β-unsaturated/α-hetero) is 2. The lowest BCUT2D eigenvalue weighted by Crippen LogP contribution is -2.61. The molecule has 7 aliphatic carbocycles.